The van der Waals surface area contributed by atoms with Crippen molar-refractivity contribution in [1.82, 2.24) is 4.90 Å². The molecule has 0 bridgehead atoms. The number of β-amino-alcohol motifs (C(OH)–C–C–N with tert-alkyl or cyclic N) is 1. The molecule has 0 aliphatic carbocycles. The highest BCUT2D eigenvalue weighted by Gasteiger charge is 2.50. The highest BCUT2D eigenvalue weighted by molar-refractivity contribution is 6.32. The van der Waals surface area contributed by atoms with E-state index in [9.17, 15) is 18.7 Å². The van der Waals surface area contributed by atoms with E-state index in [0.717, 1.165) is 4.90 Å². The summed E-state index contributed by atoms with van der Waals surface area (Å²) in [6, 6.07) is 6.63. The van der Waals surface area contributed by atoms with Crippen molar-refractivity contribution in [2.24, 2.45) is 0 Å². The minimum absolute atomic E-state index is 0.303. The standard InChI is InChI=1S/C12H12ClF2NO3/c13-8-3-1-2-4-9(8)19-5-10(17)16-6-12(18,7-16)11(14)15/h1-4,11,18H,5-7H2. The number of aliphatic hydroxyl groups is 1. The zero-order chi connectivity index (χ0) is 14.0. The summed E-state index contributed by atoms with van der Waals surface area (Å²) in [5.74, 6) is -0.118. The lowest BCUT2D eigenvalue weighted by Crippen LogP contribution is -2.67. The molecule has 4 nitrogen and oxygen atoms in total. The third-order valence-electron chi connectivity index (χ3n) is 2.88. The van der Waals surface area contributed by atoms with E-state index in [1.807, 2.05) is 0 Å². The van der Waals surface area contributed by atoms with Crippen LogP contribution in [-0.2, 0) is 4.79 Å². The van der Waals surface area contributed by atoms with E-state index in [4.69, 9.17) is 16.3 Å². The van der Waals surface area contributed by atoms with Gasteiger partial charge in [0.05, 0.1) is 18.1 Å². The fraction of sp³-hybridized carbons (Fsp3) is 0.417. The topological polar surface area (TPSA) is 49.8 Å². The Morgan fingerprint density at radius 1 is 1.47 bits per heavy atom. The molecule has 1 aromatic rings. The molecule has 1 N–H and O–H groups in total. The summed E-state index contributed by atoms with van der Waals surface area (Å²) in [6.07, 6.45) is -2.86. The highest BCUT2D eigenvalue weighted by Crippen LogP contribution is 2.28. The fourth-order valence-electron chi connectivity index (χ4n) is 1.72. The van der Waals surface area contributed by atoms with Gasteiger partial charge in [-0.25, -0.2) is 8.78 Å². The van der Waals surface area contributed by atoms with Crippen molar-refractivity contribution in [1.29, 1.82) is 0 Å². The smallest absolute Gasteiger partial charge is 0.270 e. The van der Waals surface area contributed by atoms with Crippen LogP contribution in [0.2, 0.25) is 5.02 Å². The molecule has 0 aromatic heterocycles. The van der Waals surface area contributed by atoms with E-state index >= 15 is 0 Å². The molecule has 0 radical (unpaired) electrons. The average molecular weight is 292 g/mol. The van der Waals surface area contributed by atoms with Gasteiger partial charge >= 0.3 is 0 Å². The van der Waals surface area contributed by atoms with Crippen LogP contribution in [0.4, 0.5) is 8.78 Å². The minimum atomic E-state index is -2.86. The molecule has 0 unspecified atom stereocenters. The molecular formula is C12H12ClF2NO3. The molecule has 0 spiro atoms. The van der Waals surface area contributed by atoms with Gasteiger partial charge in [-0.3, -0.25) is 4.79 Å². The molecule has 1 amide bonds. The SMILES string of the molecule is O=C(COc1ccccc1Cl)N1CC(O)(C(F)F)C1. The lowest BCUT2D eigenvalue weighted by Gasteiger charge is -2.45. The fourth-order valence-corrected chi connectivity index (χ4v) is 1.91. The monoisotopic (exact) mass is 291 g/mol. The van der Waals surface area contributed by atoms with E-state index < -0.39 is 17.9 Å². The van der Waals surface area contributed by atoms with Gasteiger partial charge < -0.3 is 14.7 Å². The van der Waals surface area contributed by atoms with Crippen molar-refractivity contribution < 1.29 is 23.4 Å². The van der Waals surface area contributed by atoms with Crippen LogP contribution in [-0.4, -0.2) is 47.6 Å². The summed E-state index contributed by atoms with van der Waals surface area (Å²) in [6.45, 7) is -1.06. The first-order valence-electron chi connectivity index (χ1n) is 5.58. The lowest BCUT2D eigenvalue weighted by molar-refractivity contribution is -0.189. The number of ether oxygens (including phenoxy) is 1. The summed E-state index contributed by atoms with van der Waals surface area (Å²) in [4.78, 5) is 12.7. The van der Waals surface area contributed by atoms with Gasteiger partial charge in [0.25, 0.3) is 12.3 Å². The van der Waals surface area contributed by atoms with Gasteiger partial charge in [0.15, 0.2) is 12.2 Å². The number of likely N-dealkylation sites (tertiary alicyclic amines) is 1. The van der Waals surface area contributed by atoms with Gasteiger partial charge in [0, 0.05) is 0 Å². The highest BCUT2D eigenvalue weighted by atomic mass is 35.5. The van der Waals surface area contributed by atoms with Crippen LogP contribution < -0.4 is 4.74 Å². The number of carbonyl (C=O) groups is 1. The van der Waals surface area contributed by atoms with Gasteiger partial charge in [-0.2, -0.15) is 0 Å². The van der Waals surface area contributed by atoms with Gasteiger partial charge in [-0.05, 0) is 12.1 Å². The third-order valence-corrected chi connectivity index (χ3v) is 3.19. The predicted molar refractivity (Wildman–Crippen MR) is 64.5 cm³/mol. The van der Waals surface area contributed by atoms with Crippen molar-refractivity contribution in [3.63, 3.8) is 0 Å². The molecule has 104 valence electrons. The van der Waals surface area contributed by atoms with E-state index in [1.165, 1.54) is 0 Å². The zero-order valence-corrected chi connectivity index (χ0v) is 10.6. The van der Waals surface area contributed by atoms with Crippen molar-refractivity contribution in [2.45, 2.75) is 12.0 Å². The molecule has 19 heavy (non-hydrogen) atoms. The zero-order valence-electron chi connectivity index (χ0n) is 9.85. The molecular weight excluding hydrogens is 280 g/mol. The number of alkyl halides is 2. The van der Waals surface area contributed by atoms with Crippen LogP contribution in [0.1, 0.15) is 0 Å². The van der Waals surface area contributed by atoms with Gasteiger partial charge in [0.1, 0.15) is 5.75 Å². The normalized spacial score (nSPS) is 17.2. The average Bonchev–Trinajstić information content (AvgIpc) is 2.33. The Bertz CT molecular complexity index is 478. The maximum atomic E-state index is 12.4. The van der Waals surface area contributed by atoms with Gasteiger partial charge in [0.2, 0.25) is 0 Å². The van der Waals surface area contributed by atoms with E-state index in [2.05, 4.69) is 0 Å². The van der Waals surface area contributed by atoms with Crippen LogP contribution in [0.3, 0.4) is 0 Å². The van der Waals surface area contributed by atoms with Crippen LogP contribution >= 0.6 is 11.6 Å². The summed E-state index contributed by atoms with van der Waals surface area (Å²) in [5.41, 5.74) is -2.08. The Kier molecular flexibility index (Phi) is 3.91. The summed E-state index contributed by atoms with van der Waals surface area (Å²) < 4.78 is 29.9. The van der Waals surface area contributed by atoms with Crippen LogP contribution in [0.5, 0.6) is 5.75 Å². The Balaban J connectivity index is 1.83. The molecule has 2 rings (SSSR count). The van der Waals surface area contributed by atoms with E-state index in [-0.39, 0.29) is 19.7 Å². The Labute approximate surface area is 113 Å². The minimum Gasteiger partial charge on any atom is -0.482 e. The van der Waals surface area contributed by atoms with Crippen molar-refractivity contribution in [3.8, 4) is 5.75 Å². The second kappa shape index (κ2) is 5.30. The van der Waals surface area contributed by atoms with Crippen LogP contribution in [0, 0.1) is 0 Å². The number of carbonyl (C=O) groups excluding carboxylic acids is 1. The number of benzene rings is 1. The molecule has 1 heterocycles. The molecule has 1 saturated heterocycles. The summed E-state index contributed by atoms with van der Waals surface area (Å²) in [5, 5.41) is 9.69. The van der Waals surface area contributed by atoms with Crippen molar-refractivity contribution in [2.75, 3.05) is 19.7 Å². The first-order valence-corrected chi connectivity index (χ1v) is 5.96. The van der Waals surface area contributed by atoms with Crippen molar-refractivity contribution >= 4 is 17.5 Å². The summed E-state index contributed by atoms with van der Waals surface area (Å²) in [7, 11) is 0. The third kappa shape index (κ3) is 2.96. The van der Waals surface area contributed by atoms with Gasteiger partial charge in [-0.15, -0.1) is 0 Å². The number of rotatable bonds is 4. The van der Waals surface area contributed by atoms with Crippen LogP contribution in [0.15, 0.2) is 24.3 Å². The van der Waals surface area contributed by atoms with Gasteiger partial charge in [-0.1, -0.05) is 23.7 Å². The molecule has 0 atom stereocenters. The second-order valence-corrected chi connectivity index (χ2v) is 4.78. The number of amides is 1. The van der Waals surface area contributed by atoms with E-state index in [1.54, 1.807) is 24.3 Å². The molecule has 7 heteroatoms. The predicted octanol–water partition coefficient (Wildman–Crippen LogP) is 1.56. The summed E-state index contributed by atoms with van der Waals surface area (Å²) >= 11 is 5.83. The van der Waals surface area contributed by atoms with E-state index in [0.29, 0.717) is 10.8 Å². The maximum absolute atomic E-state index is 12.4. The molecule has 1 aromatic carbocycles. The Hall–Kier alpha value is -1.40. The first kappa shape index (κ1) is 14.0. The Morgan fingerprint density at radius 3 is 2.68 bits per heavy atom. The quantitative estimate of drug-likeness (QED) is 0.916. The molecule has 1 fully saturated rings. The first-order chi connectivity index (χ1) is 8.92. The number of hydrogen-bond acceptors (Lipinski definition) is 3. The molecule has 1 aliphatic heterocycles. The number of hydrogen-bond donors (Lipinski definition) is 1. The molecule has 0 saturated carbocycles. The van der Waals surface area contributed by atoms with Crippen LogP contribution in [0.25, 0.3) is 0 Å². The second-order valence-electron chi connectivity index (χ2n) is 4.37. The lowest BCUT2D eigenvalue weighted by atomic mass is 9.95. The Morgan fingerprint density at radius 2 is 2.11 bits per heavy atom. The molecule has 1 aliphatic rings. The number of nitrogens with zero attached hydrogens (tertiary/aromatic N) is 1. The van der Waals surface area contributed by atoms with Crippen molar-refractivity contribution in [3.05, 3.63) is 29.3 Å². The maximum Gasteiger partial charge on any atom is 0.270 e. The number of halogens is 3. The number of para-hydroxylation sites is 1. The largest absolute Gasteiger partial charge is 0.482 e.